The first-order chi connectivity index (χ1) is 20.3. The average molecular weight is 588 g/mol. The SMILES string of the molecule is C=CCN(Cc1ccccc1)C(=O)[C@@H]1[C@H]2C(=O)N(CCCO)C(C(=O)N(CC=C)c3cc(C)ccc3C)C23CC[C@H]1S3. The minimum atomic E-state index is -0.726. The van der Waals surface area contributed by atoms with Crippen LogP contribution < -0.4 is 4.90 Å². The van der Waals surface area contributed by atoms with Gasteiger partial charge in [-0.05, 0) is 55.9 Å². The van der Waals surface area contributed by atoms with E-state index >= 15 is 0 Å². The van der Waals surface area contributed by atoms with E-state index in [1.54, 1.807) is 38.6 Å². The van der Waals surface area contributed by atoms with Crippen LogP contribution >= 0.6 is 11.8 Å². The topological polar surface area (TPSA) is 81.2 Å². The number of nitrogens with zero attached hydrogens (tertiary/aromatic N) is 3. The van der Waals surface area contributed by atoms with E-state index in [2.05, 4.69) is 13.2 Å². The summed E-state index contributed by atoms with van der Waals surface area (Å²) in [6.07, 6.45) is 5.28. The first kappa shape index (κ1) is 30.1. The maximum Gasteiger partial charge on any atom is 0.251 e. The van der Waals surface area contributed by atoms with Crippen molar-refractivity contribution >= 4 is 35.2 Å². The van der Waals surface area contributed by atoms with Gasteiger partial charge in [-0.3, -0.25) is 14.4 Å². The molecule has 2 aromatic rings. The maximum atomic E-state index is 14.7. The predicted octanol–water partition coefficient (Wildman–Crippen LogP) is 4.51. The molecule has 0 saturated carbocycles. The van der Waals surface area contributed by atoms with Crippen LogP contribution in [0.2, 0.25) is 0 Å². The number of carbonyl (C=O) groups is 3. The van der Waals surface area contributed by atoms with Gasteiger partial charge in [-0.25, -0.2) is 0 Å². The van der Waals surface area contributed by atoms with Crippen molar-refractivity contribution in [3.05, 3.63) is 90.5 Å². The number of anilines is 1. The molecule has 1 spiro atoms. The van der Waals surface area contributed by atoms with E-state index in [1.165, 1.54) is 0 Å². The molecule has 1 N–H and O–H groups in total. The third-order valence-corrected chi connectivity index (χ3v) is 10.9. The zero-order chi connectivity index (χ0) is 30.0. The fourth-order valence-corrected chi connectivity index (χ4v) is 9.40. The van der Waals surface area contributed by atoms with Gasteiger partial charge in [0.2, 0.25) is 11.8 Å². The summed E-state index contributed by atoms with van der Waals surface area (Å²) in [4.78, 5) is 48.5. The predicted molar refractivity (Wildman–Crippen MR) is 168 cm³/mol. The molecule has 8 heteroatoms. The van der Waals surface area contributed by atoms with E-state index in [4.69, 9.17) is 0 Å². The summed E-state index contributed by atoms with van der Waals surface area (Å²) in [5, 5.41) is 9.67. The summed E-state index contributed by atoms with van der Waals surface area (Å²) < 4.78 is -0.696. The molecule has 2 unspecified atom stereocenters. The first-order valence-electron chi connectivity index (χ1n) is 14.8. The van der Waals surface area contributed by atoms with Crippen LogP contribution in [0.3, 0.4) is 0 Å². The summed E-state index contributed by atoms with van der Waals surface area (Å²) in [5.74, 6) is -1.45. The molecule has 3 saturated heterocycles. The molecule has 2 bridgehead atoms. The van der Waals surface area contributed by atoms with Gasteiger partial charge in [0, 0.05) is 43.7 Å². The largest absolute Gasteiger partial charge is 0.396 e. The number of rotatable bonds is 12. The maximum absolute atomic E-state index is 14.7. The highest BCUT2D eigenvalue weighted by Gasteiger charge is 2.74. The Bertz CT molecular complexity index is 1360. The molecule has 0 radical (unpaired) electrons. The average Bonchev–Trinajstić information content (AvgIpc) is 3.63. The molecule has 0 aliphatic carbocycles. The zero-order valence-corrected chi connectivity index (χ0v) is 25.4. The smallest absolute Gasteiger partial charge is 0.251 e. The highest BCUT2D eigenvalue weighted by molar-refractivity contribution is 8.02. The lowest BCUT2D eigenvalue weighted by Gasteiger charge is -2.38. The van der Waals surface area contributed by atoms with Crippen molar-refractivity contribution in [3.8, 4) is 0 Å². The van der Waals surface area contributed by atoms with Crippen LogP contribution in [0.1, 0.15) is 36.0 Å². The minimum Gasteiger partial charge on any atom is -0.396 e. The van der Waals surface area contributed by atoms with Gasteiger partial charge >= 0.3 is 0 Å². The standard InChI is InChI=1S/C34H41N3O4S/c1-5-17-35(22-25-11-8-7-9-12-25)31(39)28-27-15-16-34(42-27)29(28)32(40)37(19-10-20-38)30(34)33(41)36(18-6-2)26-21-23(3)13-14-24(26)4/h5-9,11-14,21,27-30,38H,1-2,10,15-20,22H2,3-4H3/t27-,28+,29+,30?,34?/m1/s1. The molecule has 7 nitrogen and oxygen atoms in total. The molecule has 42 heavy (non-hydrogen) atoms. The minimum absolute atomic E-state index is 0.0293. The lowest BCUT2D eigenvalue weighted by molar-refractivity contribution is -0.144. The van der Waals surface area contributed by atoms with Crippen LogP contribution in [0.5, 0.6) is 0 Å². The van der Waals surface area contributed by atoms with Gasteiger partial charge in [-0.1, -0.05) is 54.6 Å². The van der Waals surface area contributed by atoms with Gasteiger partial charge in [-0.2, -0.15) is 0 Å². The quantitative estimate of drug-likeness (QED) is 0.370. The fraction of sp³-hybridized carbons (Fsp3) is 0.441. The Morgan fingerprint density at radius 3 is 2.52 bits per heavy atom. The highest BCUT2D eigenvalue weighted by atomic mass is 32.2. The molecule has 5 rings (SSSR count). The van der Waals surface area contributed by atoms with Crippen molar-refractivity contribution < 1.29 is 19.5 Å². The Morgan fingerprint density at radius 2 is 1.83 bits per heavy atom. The van der Waals surface area contributed by atoms with E-state index in [0.717, 1.165) is 28.8 Å². The van der Waals surface area contributed by atoms with Crippen LogP contribution in [0.25, 0.3) is 0 Å². The van der Waals surface area contributed by atoms with E-state index in [0.29, 0.717) is 32.5 Å². The Balaban J connectivity index is 1.53. The van der Waals surface area contributed by atoms with Crippen molar-refractivity contribution in [1.29, 1.82) is 0 Å². The molecule has 3 amide bonds. The van der Waals surface area contributed by atoms with Crippen molar-refractivity contribution in [2.75, 3.05) is 31.1 Å². The van der Waals surface area contributed by atoms with E-state index in [9.17, 15) is 19.5 Å². The second kappa shape index (κ2) is 12.5. The second-order valence-corrected chi connectivity index (χ2v) is 13.3. The molecule has 3 fully saturated rings. The molecular weight excluding hydrogens is 546 g/mol. The molecule has 5 atom stereocenters. The number of likely N-dealkylation sites (tertiary alicyclic amines) is 1. The molecule has 3 aliphatic heterocycles. The summed E-state index contributed by atoms with van der Waals surface area (Å²) in [6, 6.07) is 15.1. The number of aliphatic hydroxyl groups is 1. The monoisotopic (exact) mass is 587 g/mol. The lowest BCUT2D eigenvalue weighted by atomic mass is 9.70. The van der Waals surface area contributed by atoms with Gasteiger partial charge in [0.15, 0.2) is 0 Å². The Labute approximate surface area is 253 Å². The third-order valence-electron chi connectivity index (χ3n) is 8.99. The number of hydrogen-bond acceptors (Lipinski definition) is 5. The lowest BCUT2D eigenvalue weighted by Crippen LogP contribution is -2.55. The van der Waals surface area contributed by atoms with Crippen LogP contribution in [-0.2, 0) is 20.9 Å². The van der Waals surface area contributed by atoms with Crippen LogP contribution in [0.4, 0.5) is 5.69 Å². The number of carbonyl (C=O) groups excluding carboxylic acids is 3. The van der Waals surface area contributed by atoms with Crippen molar-refractivity contribution in [2.45, 2.75) is 55.7 Å². The Kier molecular flexibility index (Phi) is 8.94. The number of amides is 3. The van der Waals surface area contributed by atoms with Crippen LogP contribution in [0, 0.1) is 25.7 Å². The second-order valence-electron chi connectivity index (χ2n) is 11.7. The molecule has 3 aliphatic rings. The number of thioether (sulfide) groups is 1. The molecule has 2 aromatic carbocycles. The number of aryl methyl sites for hydroxylation is 2. The fourth-order valence-electron chi connectivity index (χ4n) is 7.19. The molecule has 222 valence electrons. The third kappa shape index (κ3) is 5.20. The van der Waals surface area contributed by atoms with Gasteiger partial charge < -0.3 is 19.8 Å². The van der Waals surface area contributed by atoms with E-state index in [-0.39, 0.29) is 36.1 Å². The van der Waals surface area contributed by atoms with Crippen molar-refractivity contribution in [2.24, 2.45) is 11.8 Å². The van der Waals surface area contributed by atoms with Gasteiger partial charge in [0.25, 0.3) is 5.91 Å². The van der Waals surface area contributed by atoms with Crippen molar-refractivity contribution in [3.63, 3.8) is 0 Å². The van der Waals surface area contributed by atoms with Crippen molar-refractivity contribution in [1.82, 2.24) is 9.80 Å². The van der Waals surface area contributed by atoms with Crippen LogP contribution in [0.15, 0.2) is 73.8 Å². The Hall–Kier alpha value is -3.36. The number of benzene rings is 2. The van der Waals surface area contributed by atoms with Gasteiger partial charge in [0.1, 0.15) is 6.04 Å². The number of aliphatic hydroxyl groups excluding tert-OH is 1. The summed E-state index contributed by atoms with van der Waals surface area (Å²) in [5.41, 5.74) is 3.82. The highest BCUT2D eigenvalue weighted by Crippen LogP contribution is 2.66. The van der Waals surface area contributed by atoms with E-state index in [1.807, 2.05) is 62.4 Å². The summed E-state index contributed by atoms with van der Waals surface area (Å²) in [6.45, 7) is 13.1. The van der Waals surface area contributed by atoms with Gasteiger partial charge in [0.05, 0.1) is 16.6 Å². The first-order valence-corrected chi connectivity index (χ1v) is 15.7. The Morgan fingerprint density at radius 1 is 1.10 bits per heavy atom. The zero-order valence-electron chi connectivity index (χ0n) is 24.6. The van der Waals surface area contributed by atoms with Crippen LogP contribution in [-0.4, -0.2) is 74.9 Å². The number of fused-ring (bicyclic) bond motifs is 1. The molecule has 0 aromatic heterocycles. The molecular formula is C34H41N3O4S. The number of hydrogen-bond donors (Lipinski definition) is 1. The molecule has 3 heterocycles. The van der Waals surface area contributed by atoms with E-state index < -0.39 is 22.6 Å². The summed E-state index contributed by atoms with van der Waals surface area (Å²) in [7, 11) is 0. The normalized spacial score (nSPS) is 25.8. The summed E-state index contributed by atoms with van der Waals surface area (Å²) >= 11 is 1.67. The van der Waals surface area contributed by atoms with Gasteiger partial charge in [-0.15, -0.1) is 24.9 Å².